The Morgan fingerprint density at radius 1 is 1.35 bits per heavy atom. The van der Waals surface area contributed by atoms with Gasteiger partial charge in [-0.1, -0.05) is 13.3 Å². The van der Waals surface area contributed by atoms with Crippen LogP contribution in [0, 0.1) is 11.8 Å². The molecule has 2 fully saturated rings. The molecule has 2 aliphatic rings. The normalized spacial score (nSPS) is 31.2. The van der Waals surface area contributed by atoms with Gasteiger partial charge < -0.3 is 5.32 Å². The first-order valence-corrected chi connectivity index (χ1v) is 6.86. The summed E-state index contributed by atoms with van der Waals surface area (Å²) in [6, 6.07) is 0.571. The van der Waals surface area contributed by atoms with E-state index in [9.17, 15) is 0 Å². The highest BCUT2D eigenvalue weighted by Crippen LogP contribution is 2.50. The van der Waals surface area contributed by atoms with Gasteiger partial charge in [-0.2, -0.15) is 0 Å². The first-order chi connectivity index (χ1) is 8.38. The summed E-state index contributed by atoms with van der Waals surface area (Å²) < 4.78 is 2.09. The van der Waals surface area contributed by atoms with E-state index in [1.165, 1.54) is 25.7 Å². The molecule has 2 bridgehead atoms. The summed E-state index contributed by atoms with van der Waals surface area (Å²) in [6.07, 6.45) is 6.63. The average Bonchev–Trinajstić information content (AvgIpc) is 3.04. The molecule has 3 atom stereocenters. The fraction of sp³-hybridized carbons (Fsp3) is 0.917. The molecular formula is C12H21N5. The largest absolute Gasteiger partial charge is 0.310 e. The van der Waals surface area contributed by atoms with Crippen molar-refractivity contribution >= 4 is 0 Å². The van der Waals surface area contributed by atoms with Crippen molar-refractivity contribution in [1.82, 2.24) is 25.5 Å². The maximum Gasteiger partial charge on any atom is 0.165 e. The molecule has 0 aliphatic heterocycles. The lowest BCUT2D eigenvalue weighted by Gasteiger charge is -2.22. The molecule has 1 heterocycles. The summed E-state index contributed by atoms with van der Waals surface area (Å²) in [6.45, 7) is 4.00. The SMILES string of the molecule is CCCNCc1nnnn1C1CC2CCC1C2. The van der Waals surface area contributed by atoms with Gasteiger partial charge in [0.15, 0.2) is 5.82 Å². The number of fused-ring (bicyclic) bond motifs is 2. The summed E-state index contributed by atoms with van der Waals surface area (Å²) in [5.41, 5.74) is 0. The summed E-state index contributed by atoms with van der Waals surface area (Å²) in [5.74, 6) is 2.77. The predicted octanol–water partition coefficient (Wildman–Crippen LogP) is 1.53. The quantitative estimate of drug-likeness (QED) is 0.786. The third-order valence-electron chi connectivity index (χ3n) is 4.29. The molecule has 0 saturated heterocycles. The molecule has 0 aromatic carbocycles. The van der Waals surface area contributed by atoms with Gasteiger partial charge in [-0.05, 0) is 54.5 Å². The maximum absolute atomic E-state index is 4.21. The zero-order valence-electron chi connectivity index (χ0n) is 10.5. The van der Waals surface area contributed by atoms with Crippen molar-refractivity contribution < 1.29 is 0 Å². The number of tetrazole rings is 1. The van der Waals surface area contributed by atoms with Crippen LogP contribution in [0.4, 0.5) is 0 Å². The Morgan fingerprint density at radius 2 is 2.29 bits per heavy atom. The minimum Gasteiger partial charge on any atom is -0.310 e. The van der Waals surface area contributed by atoms with E-state index < -0.39 is 0 Å². The van der Waals surface area contributed by atoms with E-state index in [1.807, 2.05) is 0 Å². The van der Waals surface area contributed by atoms with Crippen LogP contribution in [0.5, 0.6) is 0 Å². The standard InChI is InChI=1S/C12H21N5/c1-2-5-13-8-12-14-15-16-17(12)11-7-9-3-4-10(11)6-9/h9-11,13H,2-8H2,1H3. The minimum absolute atomic E-state index is 0.571. The molecule has 1 N–H and O–H groups in total. The Kier molecular flexibility index (Phi) is 3.09. The second kappa shape index (κ2) is 4.72. The molecule has 0 spiro atoms. The molecule has 2 saturated carbocycles. The minimum atomic E-state index is 0.571. The first kappa shape index (κ1) is 11.1. The number of hydrogen-bond acceptors (Lipinski definition) is 4. The number of nitrogens with one attached hydrogen (secondary N) is 1. The van der Waals surface area contributed by atoms with Crippen molar-refractivity contribution in [2.24, 2.45) is 11.8 Å². The lowest BCUT2D eigenvalue weighted by atomic mass is 9.95. The molecule has 3 rings (SSSR count). The van der Waals surface area contributed by atoms with Crippen LogP contribution in [0.1, 0.15) is 50.9 Å². The first-order valence-electron chi connectivity index (χ1n) is 6.86. The summed E-state index contributed by atoms with van der Waals surface area (Å²) in [7, 11) is 0. The fourth-order valence-corrected chi connectivity index (χ4v) is 3.47. The van der Waals surface area contributed by atoms with Crippen LogP contribution in [-0.2, 0) is 6.54 Å². The number of aromatic nitrogens is 4. The van der Waals surface area contributed by atoms with Gasteiger partial charge in [0.05, 0.1) is 12.6 Å². The Bertz CT molecular complexity index is 375. The van der Waals surface area contributed by atoms with E-state index in [2.05, 4.69) is 32.4 Å². The van der Waals surface area contributed by atoms with Crippen LogP contribution in [0.15, 0.2) is 0 Å². The van der Waals surface area contributed by atoms with Crippen molar-refractivity contribution in [2.45, 2.75) is 51.6 Å². The fourth-order valence-electron chi connectivity index (χ4n) is 3.47. The Morgan fingerprint density at radius 3 is 3.00 bits per heavy atom. The monoisotopic (exact) mass is 235 g/mol. The summed E-state index contributed by atoms with van der Waals surface area (Å²) in [4.78, 5) is 0. The van der Waals surface area contributed by atoms with Gasteiger partial charge >= 0.3 is 0 Å². The van der Waals surface area contributed by atoms with E-state index in [4.69, 9.17) is 0 Å². The molecule has 3 unspecified atom stereocenters. The Balaban J connectivity index is 1.68. The van der Waals surface area contributed by atoms with E-state index in [-0.39, 0.29) is 0 Å². The van der Waals surface area contributed by atoms with Crippen molar-refractivity contribution in [3.63, 3.8) is 0 Å². The topological polar surface area (TPSA) is 55.6 Å². The van der Waals surface area contributed by atoms with Gasteiger partial charge in [0.25, 0.3) is 0 Å². The third kappa shape index (κ3) is 2.08. The highest BCUT2D eigenvalue weighted by atomic mass is 15.6. The predicted molar refractivity (Wildman–Crippen MR) is 64.3 cm³/mol. The molecule has 94 valence electrons. The molecule has 17 heavy (non-hydrogen) atoms. The van der Waals surface area contributed by atoms with E-state index in [0.29, 0.717) is 6.04 Å². The van der Waals surface area contributed by atoms with E-state index in [0.717, 1.165) is 37.2 Å². The second-order valence-corrected chi connectivity index (χ2v) is 5.46. The lowest BCUT2D eigenvalue weighted by Crippen LogP contribution is -2.23. The number of hydrogen-bond donors (Lipinski definition) is 1. The van der Waals surface area contributed by atoms with Crippen LogP contribution in [0.25, 0.3) is 0 Å². The van der Waals surface area contributed by atoms with Crippen LogP contribution < -0.4 is 5.32 Å². The lowest BCUT2D eigenvalue weighted by molar-refractivity contribution is 0.293. The van der Waals surface area contributed by atoms with Gasteiger partial charge in [-0.3, -0.25) is 0 Å². The highest BCUT2D eigenvalue weighted by Gasteiger charge is 2.41. The molecule has 5 heteroatoms. The van der Waals surface area contributed by atoms with Crippen molar-refractivity contribution in [1.29, 1.82) is 0 Å². The molecule has 0 radical (unpaired) electrons. The van der Waals surface area contributed by atoms with Crippen molar-refractivity contribution in [3.05, 3.63) is 5.82 Å². The van der Waals surface area contributed by atoms with Crippen molar-refractivity contribution in [2.75, 3.05) is 6.54 Å². The third-order valence-corrected chi connectivity index (χ3v) is 4.29. The van der Waals surface area contributed by atoms with Gasteiger partial charge in [-0.15, -0.1) is 5.10 Å². The Hall–Kier alpha value is -0.970. The van der Waals surface area contributed by atoms with Gasteiger partial charge in [-0.25, -0.2) is 4.68 Å². The van der Waals surface area contributed by atoms with E-state index >= 15 is 0 Å². The number of rotatable bonds is 5. The Labute approximate surface area is 102 Å². The smallest absolute Gasteiger partial charge is 0.165 e. The molecule has 1 aromatic rings. The second-order valence-electron chi connectivity index (χ2n) is 5.46. The van der Waals surface area contributed by atoms with Crippen LogP contribution >= 0.6 is 0 Å². The zero-order chi connectivity index (χ0) is 11.7. The molecular weight excluding hydrogens is 214 g/mol. The summed E-state index contributed by atoms with van der Waals surface area (Å²) >= 11 is 0. The number of nitrogens with zero attached hydrogens (tertiary/aromatic N) is 4. The van der Waals surface area contributed by atoms with Crippen LogP contribution in [0.3, 0.4) is 0 Å². The van der Waals surface area contributed by atoms with Crippen LogP contribution in [0.2, 0.25) is 0 Å². The molecule has 0 amide bonds. The summed E-state index contributed by atoms with van der Waals surface area (Å²) in [5, 5.41) is 15.6. The van der Waals surface area contributed by atoms with Crippen LogP contribution in [-0.4, -0.2) is 26.8 Å². The van der Waals surface area contributed by atoms with Gasteiger partial charge in [0, 0.05) is 0 Å². The molecule has 1 aromatic heterocycles. The van der Waals surface area contributed by atoms with Gasteiger partial charge in [0.2, 0.25) is 0 Å². The highest BCUT2D eigenvalue weighted by molar-refractivity contribution is 4.96. The molecule has 5 nitrogen and oxygen atoms in total. The zero-order valence-corrected chi connectivity index (χ0v) is 10.5. The maximum atomic E-state index is 4.21. The average molecular weight is 235 g/mol. The van der Waals surface area contributed by atoms with Gasteiger partial charge in [0.1, 0.15) is 0 Å². The van der Waals surface area contributed by atoms with E-state index in [1.54, 1.807) is 0 Å². The molecule has 2 aliphatic carbocycles. The van der Waals surface area contributed by atoms with Crippen molar-refractivity contribution in [3.8, 4) is 0 Å².